The fourth-order valence-electron chi connectivity index (χ4n) is 4.57. The minimum Gasteiger partial charge on any atom is -0.494 e. The van der Waals surface area contributed by atoms with Crippen LogP contribution in [0.5, 0.6) is 5.75 Å². The van der Waals surface area contributed by atoms with Crippen molar-refractivity contribution in [2.45, 2.75) is 44.4 Å². The fraction of sp³-hybridized carbons (Fsp3) is 0.333. The molecule has 3 N–H and O–H groups in total. The number of amides is 1. The van der Waals surface area contributed by atoms with Crippen molar-refractivity contribution in [1.29, 1.82) is 0 Å². The largest absolute Gasteiger partial charge is 0.494 e. The molecule has 4 rings (SSSR count). The van der Waals surface area contributed by atoms with Crippen molar-refractivity contribution in [1.82, 2.24) is 10.9 Å². The summed E-state index contributed by atoms with van der Waals surface area (Å²) in [6.07, 6.45) is 0.460. The van der Waals surface area contributed by atoms with E-state index in [1.54, 1.807) is 49.4 Å². The average molecular weight is 561 g/mol. The second-order valence-electron chi connectivity index (χ2n) is 9.61. The smallest absolute Gasteiger partial charge is 0.266 e. The minimum atomic E-state index is -1.34. The Bertz CT molecular complexity index is 1410. The standard InChI is InChI=1S/C30H33FN6O4/c1-21-30(19-24-8-2-3-9-25(24)20-34-37-32,29(39)36-33-16-15-22-7-4-5-10-27(22)31)35-28(41-21)23-11-13-26(14-12-23)40-18-6-17-38/h2-5,7-14,21,33,38H,6,15-20H2,1H3,(H,36,39)/t21-,30-/m0/s1. The number of aliphatic imine (C=N–C) groups is 1. The highest BCUT2D eigenvalue weighted by atomic mass is 19.1. The normalized spacial score (nSPS) is 17.7. The molecule has 2 atom stereocenters. The summed E-state index contributed by atoms with van der Waals surface area (Å²) in [4.78, 5) is 21.5. The lowest BCUT2D eigenvalue weighted by Crippen LogP contribution is -2.56. The average Bonchev–Trinajstić information content (AvgIpc) is 3.32. The van der Waals surface area contributed by atoms with Crippen LogP contribution in [0, 0.1) is 5.82 Å². The summed E-state index contributed by atoms with van der Waals surface area (Å²) in [6.45, 7) is 2.67. The molecule has 214 valence electrons. The van der Waals surface area contributed by atoms with Crippen molar-refractivity contribution in [3.05, 3.63) is 111 Å². The number of hydrogen-bond acceptors (Lipinski definition) is 7. The van der Waals surface area contributed by atoms with Gasteiger partial charge in [0, 0.05) is 36.5 Å². The second-order valence-corrected chi connectivity index (χ2v) is 9.61. The van der Waals surface area contributed by atoms with Crippen LogP contribution in [0.15, 0.2) is 82.9 Å². The van der Waals surface area contributed by atoms with E-state index >= 15 is 0 Å². The number of nitrogens with one attached hydrogen (secondary N) is 2. The maximum Gasteiger partial charge on any atom is 0.266 e. The molecule has 41 heavy (non-hydrogen) atoms. The molecule has 3 aromatic rings. The predicted octanol–water partition coefficient (Wildman–Crippen LogP) is 4.41. The number of aliphatic hydroxyl groups excluding tert-OH is 1. The van der Waals surface area contributed by atoms with Crippen LogP contribution in [0.3, 0.4) is 0 Å². The molecule has 0 aliphatic carbocycles. The molecule has 0 bridgehead atoms. The van der Waals surface area contributed by atoms with E-state index < -0.39 is 17.6 Å². The monoisotopic (exact) mass is 560 g/mol. The molecule has 3 aromatic carbocycles. The minimum absolute atomic E-state index is 0.0504. The maximum atomic E-state index is 14.0. The van der Waals surface area contributed by atoms with Crippen LogP contribution in [-0.2, 0) is 28.9 Å². The van der Waals surface area contributed by atoms with Crippen LogP contribution in [0.25, 0.3) is 10.4 Å². The molecule has 0 aromatic heterocycles. The van der Waals surface area contributed by atoms with Gasteiger partial charge in [-0.25, -0.2) is 14.8 Å². The van der Waals surface area contributed by atoms with Crippen LogP contribution in [0.2, 0.25) is 0 Å². The molecule has 1 amide bonds. The highest BCUT2D eigenvalue weighted by molar-refractivity contribution is 6.00. The highest BCUT2D eigenvalue weighted by Crippen LogP contribution is 2.33. The number of halogens is 1. The number of carbonyl (C=O) groups excluding carboxylic acids is 1. The van der Waals surface area contributed by atoms with Gasteiger partial charge in [0.2, 0.25) is 5.90 Å². The topological polar surface area (TPSA) is 141 Å². The van der Waals surface area contributed by atoms with Gasteiger partial charge >= 0.3 is 0 Å². The molecule has 0 unspecified atom stereocenters. The number of aliphatic hydroxyl groups is 1. The van der Waals surface area contributed by atoms with E-state index in [2.05, 4.69) is 20.9 Å². The van der Waals surface area contributed by atoms with Gasteiger partial charge in [0.15, 0.2) is 5.54 Å². The number of carbonyl (C=O) groups is 1. The highest BCUT2D eigenvalue weighted by Gasteiger charge is 2.50. The molecular formula is C30H33FN6O4. The lowest BCUT2D eigenvalue weighted by Gasteiger charge is -2.29. The Morgan fingerprint density at radius 1 is 1.12 bits per heavy atom. The Balaban J connectivity index is 1.58. The zero-order valence-electron chi connectivity index (χ0n) is 22.8. The summed E-state index contributed by atoms with van der Waals surface area (Å²) in [5.74, 6) is 0.249. The van der Waals surface area contributed by atoms with E-state index in [1.165, 1.54) is 6.07 Å². The number of nitrogens with zero attached hydrogens (tertiary/aromatic N) is 4. The van der Waals surface area contributed by atoms with Crippen molar-refractivity contribution >= 4 is 11.8 Å². The first-order chi connectivity index (χ1) is 20.0. The zero-order valence-corrected chi connectivity index (χ0v) is 22.8. The predicted molar refractivity (Wildman–Crippen MR) is 153 cm³/mol. The summed E-state index contributed by atoms with van der Waals surface area (Å²) in [5, 5.41) is 12.7. The molecule has 10 nitrogen and oxygen atoms in total. The Morgan fingerprint density at radius 3 is 2.54 bits per heavy atom. The third-order valence-corrected chi connectivity index (χ3v) is 6.89. The fourth-order valence-corrected chi connectivity index (χ4v) is 4.57. The van der Waals surface area contributed by atoms with Crippen molar-refractivity contribution in [3.8, 4) is 5.75 Å². The van der Waals surface area contributed by atoms with Crippen LogP contribution in [-0.4, -0.2) is 48.3 Å². The van der Waals surface area contributed by atoms with Gasteiger partial charge in [-0.3, -0.25) is 10.2 Å². The van der Waals surface area contributed by atoms with Gasteiger partial charge in [0.25, 0.3) is 5.91 Å². The molecule has 0 fully saturated rings. The number of ether oxygens (including phenoxy) is 2. The van der Waals surface area contributed by atoms with E-state index in [0.29, 0.717) is 48.8 Å². The number of azide groups is 1. The summed E-state index contributed by atoms with van der Waals surface area (Å²) >= 11 is 0. The van der Waals surface area contributed by atoms with Gasteiger partial charge < -0.3 is 14.6 Å². The summed E-state index contributed by atoms with van der Waals surface area (Å²) in [6, 6.07) is 21.1. The van der Waals surface area contributed by atoms with Crippen molar-refractivity contribution in [3.63, 3.8) is 0 Å². The van der Waals surface area contributed by atoms with Crippen LogP contribution >= 0.6 is 0 Å². The number of benzene rings is 3. The first-order valence-electron chi connectivity index (χ1n) is 13.4. The van der Waals surface area contributed by atoms with E-state index in [0.717, 1.165) is 11.1 Å². The summed E-state index contributed by atoms with van der Waals surface area (Å²) < 4.78 is 25.8. The lowest BCUT2D eigenvalue weighted by molar-refractivity contribution is -0.129. The number of hydrazine groups is 1. The van der Waals surface area contributed by atoms with Gasteiger partial charge in [0.05, 0.1) is 13.2 Å². The quantitative estimate of drug-likeness (QED) is 0.0881. The SMILES string of the molecule is C[C@@H]1OC(c2ccc(OCCCO)cc2)=N[C@]1(Cc1ccccc1CN=[N+]=[N-])C(=O)NNCCc1ccccc1F. The molecule has 0 saturated carbocycles. The molecule has 0 spiro atoms. The maximum absolute atomic E-state index is 14.0. The molecule has 1 heterocycles. The molecule has 0 saturated heterocycles. The van der Waals surface area contributed by atoms with E-state index in [1.807, 2.05) is 24.3 Å². The van der Waals surface area contributed by atoms with Crippen molar-refractivity contribution in [2.24, 2.45) is 10.1 Å². The van der Waals surface area contributed by atoms with Crippen molar-refractivity contribution < 1.29 is 23.8 Å². The molecule has 1 aliphatic heterocycles. The third kappa shape index (κ3) is 7.40. The van der Waals surface area contributed by atoms with Gasteiger partial charge in [-0.2, -0.15) is 0 Å². The van der Waals surface area contributed by atoms with E-state index in [-0.39, 0.29) is 25.4 Å². The Kier molecular flexibility index (Phi) is 10.3. The van der Waals surface area contributed by atoms with Crippen LogP contribution in [0.1, 0.15) is 35.6 Å². The Morgan fingerprint density at radius 2 is 1.83 bits per heavy atom. The number of rotatable bonds is 14. The van der Waals surface area contributed by atoms with E-state index in [9.17, 15) is 9.18 Å². The van der Waals surface area contributed by atoms with Gasteiger partial charge in [0.1, 0.15) is 17.7 Å². The van der Waals surface area contributed by atoms with Gasteiger partial charge in [-0.05, 0) is 65.9 Å². The summed E-state index contributed by atoms with van der Waals surface area (Å²) in [5.41, 5.74) is 16.0. The first kappa shape index (κ1) is 29.5. The molecular weight excluding hydrogens is 527 g/mol. The van der Waals surface area contributed by atoms with Crippen molar-refractivity contribution in [2.75, 3.05) is 19.8 Å². The van der Waals surface area contributed by atoms with Gasteiger partial charge in [-0.15, -0.1) is 0 Å². The molecule has 1 aliphatic rings. The number of hydrogen-bond donors (Lipinski definition) is 3. The van der Waals surface area contributed by atoms with Crippen LogP contribution in [0.4, 0.5) is 4.39 Å². The summed E-state index contributed by atoms with van der Waals surface area (Å²) in [7, 11) is 0. The van der Waals surface area contributed by atoms with E-state index in [4.69, 9.17) is 25.1 Å². The van der Waals surface area contributed by atoms with Crippen LogP contribution < -0.4 is 15.6 Å². The third-order valence-electron chi connectivity index (χ3n) is 6.89. The Hall–Kier alpha value is -4.44. The second kappa shape index (κ2) is 14.3. The molecule has 0 radical (unpaired) electrons. The zero-order chi connectivity index (χ0) is 29.1. The van der Waals surface area contributed by atoms with Gasteiger partial charge in [-0.1, -0.05) is 47.6 Å². The Labute approximate surface area is 237 Å². The molecule has 11 heteroatoms. The lowest BCUT2D eigenvalue weighted by atomic mass is 9.84. The first-order valence-corrected chi connectivity index (χ1v) is 13.4.